The highest BCUT2D eigenvalue weighted by Crippen LogP contribution is 2.37. The van der Waals surface area contributed by atoms with E-state index in [9.17, 15) is 26.4 Å². The van der Waals surface area contributed by atoms with Crippen LogP contribution >= 0.6 is 0 Å². The third-order valence-electron chi connectivity index (χ3n) is 4.14. The first-order valence-corrected chi connectivity index (χ1v) is 9.91. The normalized spacial score (nSPS) is 16.3. The molecule has 1 N–H and O–H groups in total. The second-order valence-electron chi connectivity index (χ2n) is 6.07. The lowest BCUT2D eigenvalue weighted by Crippen LogP contribution is -2.50. The Balaban J connectivity index is 2.06. The minimum absolute atomic E-state index is 0.0613. The Hall–Kier alpha value is -2.75. The number of rotatable bonds is 5. The van der Waals surface area contributed by atoms with E-state index >= 15 is 0 Å². The summed E-state index contributed by atoms with van der Waals surface area (Å²) < 4.78 is 73.4. The molecule has 28 heavy (non-hydrogen) atoms. The standard InChI is InChI=1S/C18H17F3N2O4S/c1-2-9-22-18(24)14-10-23(12-5-3-4-6-13(12)27-14)28(25,26)15-8-7-11(19)16(20)17(15)21/h3-8,14H,2,9-10H2,1H3,(H,22,24). The molecule has 0 radical (unpaired) electrons. The highest BCUT2D eigenvalue weighted by Gasteiger charge is 2.39. The summed E-state index contributed by atoms with van der Waals surface area (Å²) in [6.07, 6.45) is -0.526. The van der Waals surface area contributed by atoms with Crippen LogP contribution in [0.1, 0.15) is 13.3 Å². The first kappa shape index (κ1) is 20.0. The molecule has 1 atom stereocenters. The van der Waals surface area contributed by atoms with Crippen molar-refractivity contribution in [3.05, 3.63) is 53.8 Å². The van der Waals surface area contributed by atoms with Crippen molar-refractivity contribution in [2.45, 2.75) is 24.3 Å². The zero-order chi connectivity index (χ0) is 20.5. The van der Waals surface area contributed by atoms with Crippen molar-refractivity contribution in [2.24, 2.45) is 0 Å². The Kier molecular flexibility index (Phi) is 5.50. The Morgan fingerprint density at radius 3 is 2.61 bits per heavy atom. The van der Waals surface area contributed by atoms with Crippen LogP contribution < -0.4 is 14.4 Å². The van der Waals surface area contributed by atoms with E-state index in [1.807, 2.05) is 6.92 Å². The summed E-state index contributed by atoms with van der Waals surface area (Å²) in [4.78, 5) is 11.3. The molecule has 0 saturated heterocycles. The first-order valence-electron chi connectivity index (χ1n) is 8.47. The monoisotopic (exact) mass is 414 g/mol. The van der Waals surface area contributed by atoms with Gasteiger partial charge in [0, 0.05) is 6.54 Å². The van der Waals surface area contributed by atoms with E-state index in [1.54, 1.807) is 6.07 Å². The van der Waals surface area contributed by atoms with Crippen molar-refractivity contribution < 1.29 is 31.1 Å². The topological polar surface area (TPSA) is 75.7 Å². The summed E-state index contributed by atoms with van der Waals surface area (Å²) in [5.41, 5.74) is 0.0613. The third kappa shape index (κ3) is 3.51. The van der Waals surface area contributed by atoms with Gasteiger partial charge in [0.05, 0.1) is 12.2 Å². The van der Waals surface area contributed by atoms with Crippen molar-refractivity contribution in [1.82, 2.24) is 5.32 Å². The lowest BCUT2D eigenvalue weighted by Gasteiger charge is -2.34. The van der Waals surface area contributed by atoms with Crippen LogP contribution in [0.4, 0.5) is 18.9 Å². The Labute approximate surface area is 160 Å². The predicted octanol–water partition coefficient (Wildman–Crippen LogP) is 2.59. The zero-order valence-electron chi connectivity index (χ0n) is 14.8. The Morgan fingerprint density at radius 2 is 1.89 bits per heavy atom. The van der Waals surface area contributed by atoms with E-state index in [0.29, 0.717) is 25.1 Å². The molecule has 0 bridgehead atoms. The van der Waals surface area contributed by atoms with Crippen LogP contribution in [0.25, 0.3) is 0 Å². The van der Waals surface area contributed by atoms with Gasteiger partial charge in [0.1, 0.15) is 10.6 Å². The molecule has 0 aliphatic carbocycles. The van der Waals surface area contributed by atoms with Gasteiger partial charge in [-0.15, -0.1) is 0 Å². The van der Waals surface area contributed by atoms with Gasteiger partial charge in [0.25, 0.3) is 15.9 Å². The number of amides is 1. The molecule has 1 unspecified atom stereocenters. The molecule has 10 heteroatoms. The molecular formula is C18H17F3N2O4S. The van der Waals surface area contributed by atoms with Gasteiger partial charge in [0.2, 0.25) is 0 Å². The van der Waals surface area contributed by atoms with E-state index in [1.165, 1.54) is 18.2 Å². The summed E-state index contributed by atoms with van der Waals surface area (Å²) in [5.74, 6) is -5.66. The number of halogens is 3. The number of sulfonamides is 1. The number of ether oxygens (including phenoxy) is 1. The number of carbonyl (C=O) groups excluding carboxylic acids is 1. The number of hydrogen-bond acceptors (Lipinski definition) is 4. The maximum absolute atomic E-state index is 14.2. The lowest BCUT2D eigenvalue weighted by atomic mass is 10.2. The van der Waals surface area contributed by atoms with E-state index in [-0.39, 0.29) is 11.4 Å². The number of hydrogen-bond donors (Lipinski definition) is 1. The molecule has 2 aromatic rings. The summed E-state index contributed by atoms with van der Waals surface area (Å²) >= 11 is 0. The molecule has 2 aromatic carbocycles. The van der Waals surface area contributed by atoms with E-state index in [0.717, 1.165) is 4.31 Å². The number of carbonyl (C=O) groups is 1. The van der Waals surface area contributed by atoms with Crippen molar-refractivity contribution in [3.8, 4) is 5.75 Å². The minimum atomic E-state index is -4.64. The molecule has 1 heterocycles. The van der Waals surface area contributed by atoms with Gasteiger partial charge in [-0.25, -0.2) is 21.6 Å². The molecule has 0 fully saturated rings. The predicted molar refractivity (Wildman–Crippen MR) is 95.0 cm³/mol. The second kappa shape index (κ2) is 7.70. The molecule has 150 valence electrons. The minimum Gasteiger partial charge on any atom is -0.476 e. The number of benzene rings is 2. The van der Waals surface area contributed by atoms with Crippen LogP contribution in [0, 0.1) is 17.5 Å². The van der Waals surface area contributed by atoms with Gasteiger partial charge in [0.15, 0.2) is 23.6 Å². The van der Waals surface area contributed by atoms with Crippen LogP contribution in [0.3, 0.4) is 0 Å². The smallest absolute Gasteiger partial charge is 0.267 e. The van der Waals surface area contributed by atoms with Gasteiger partial charge < -0.3 is 10.1 Å². The molecule has 1 aliphatic rings. The number of nitrogens with zero attached hydrogens (tertiary/aromatic N) is 1. The molecule has 0 saturated carbocycles. The quantitative estimate of drug-likeness (QED) is 0.764. The highest BCUT2D eigenvalue weighted by atomic mass is 32.2. The zero-order valence-corrected chi connectivity index (χ0v) is 15.6. The van der Waals surface area contributed by atoms with Crippen LogP contribution in [0.2, 0.25) is 0 Å². The highest BCUT2D eigenvalue weighted by molar-refractivity contribution is 7.92. The summed E-state index contributed by atoms with van der Waals surface area (Å²) in [6, 6.07) is 7.15. The van der Waals surface area contributed by atoms with E-state index in [4.69, 9.17) is 4.74 Å². The Bertz CT molecular complexity index is 1010. The fourth-order valence-electron chi connectivity index (χ4n) is 2.75. The molecule has 6 nitrogen and oxygen atoms in total. The van der Waals surface area contributed by atoms with Crippen LogP contribution in [-0.2, 0) is 14.8 Å². The fourth-order valence-corrected chi connectivity index (χ4v) is 4.29. The van der Waals surface area contributed by atoms with Crippen molar-refractivity contribution in [2.75, 3.05) is 17.4 Å². The average molecular weight is 414 g/mol. The SMILES string of the molecule is CCCNC(=O)C1CN(S(=O)(=O)c2ccc(F)c(F)c2F)c2ccccc2O1. The molecule has 1 aliphatic heterocycles. The number of fused-ring (bicyclic) bond motifs is 1. The molecule has 0 aromatic heterocycles. The van der Waals surface area contributed by atoms with Crippen molar-refractivity contribution in [1.29, 1.82) is 0 Å². The molecule has 0 spiro atoms. The maximum atomic E-state index is 14.2. The van der Waals surface area contributed by atoms with Crippen LogP contribution in [0.5, 0.6) is 5.75 Å². The van der Waals surface area contributed by atoms with Gasteiger partial charge in [-0.1, -0.05) is 19.1 Å². The van der Waals surface area contributed by atoms with Crippen LogP contribution in [-0.4, -0.2) is 33.5 Å². The number of anilines is 1. The first-order chi connectivity index (χ1) is 13.3. The van der Waals surface area contributed by atoms with E-state index < -0.39 is 50.9 Å². The van der Waals surface area contributed by atoms with E-state index in [2.05, 4.69) is 5.32 Å². The number of nitrogens with one attached hydrogen (secondary N) is 1. The van der Waals surface area contributed by atoms with Crippen LogP contribution in [0.15, 0.2) is 41.3 Å². The average Bonchev–Trinajstić information content (AvgIpc) is 2.69. The molecule has 1 amide bonds. The summed E-state index contributed by atoms with van der Waals surface area (Å²) in [6.45, 7) is 1.76. The third-order valence-corrected chi connectivity index (χ3v) is 5.94. The summed E-state index contributed by atoms with van der Waals surface area (Å²) in [5, 5.41) is 2.60. The van der Waals surface area contributed by atoms with Crippen molar-refractivity contribution in [3.63, 3.8) is 0 Å². The second-order valence-corrected chi connectivity index (χ2v) is 7.91. The Morgan fingerprint density at radius 1 is 1.18 bits per heavy atom. The largest absolute Gasteiger partial charge is 0.476 e. The molecular weight excluding hydrogens is 397 g/mol. The van der Waals surface area contributed by atoms with Gasteiger partial charge in [-0.2, -0.15) is 0 Å². The van der Waals surface area contributed by atoms with Crippen molar-refractivity contribution >= 4 is 21.6 Å². The molecule has 3 rings (SSSR count). The maximum Gasteiger partial charge on any atom is 0.267 e. The van der Waals surface area contributed by atoms with Gasteiger partial charge in [-0.3, -0.25) is 9.10 Å². The van der Waals surface area contributed by atoms with Gasteiger partial charge >= 0.3 is 0 Å². The fraction of sp³-hybridized carbons (Fsp3) is 0.278. The number of para-hydroxylation sites is 2. The van der Waals surface area contributed by atoms with Gasteiger partial charge in [-0.05, 0) is 30.7 Å². The lowest BCUT2D eigenvalue weighted by molar-refractivity contribution is -0.127. The summed E-state index contributed by atoms with van der Waals surface area (Å²) in [7, 11) is -4.64.